The van der Waals surface area contributed by atoms with E-state index in [0.29, 0.717) is 16.2 Å². The first kappa shape index (κ1) is 34.4. The lowest BCUT2D eigenvalue weighted by molar-refractivity contribution is -0.170. The van der Waals surface area contributed by atoms with Crippen LogP contribution >= 0.6 is 0 Å². The Morgan fingerprint density at radius 1 is 0.857 bits per heavy atom. The molecule has 0 fully saturated rings. The van der Waals surface area contributed by atoms with Gasteiger partial charge in [-0.1, -0.05) is 30.3 Å². The molecule has 12 heteroatoms. The van der Waals surface area contributed by atoms with Gasteiger partial charge in [0.05, 0.1) is 0 Å². The molecule has 2 aromatic carbocycles. The summed E-state index contributed by atoms with van der Waals surface area (Å²) < 4.78 is 60.6. The van der Waals surface area contributed by atoms with E-state index in [2.05, 4.69) is 5.32 Å². The number of esters is 1. The van der Waals surface area contributed by atoms with Gasteiger partial charge >= 0.3 is 24.2 Å². The number of nitrogens with one attached hydrogen (secondary N) is 1. The Balaban J connectivity index is 2.21. The molecule has 1 N–H and O–H groups in total. The zero-order valence-electron chi connectivity index (χ0n) is 24.9. The summed E-state index contributed by atoms with van der Waals surface area (Å²) in [6.07, 6.45) is -6.70. The molecular weight excluding hydrogens is 557 g/mol. The van der Waals surface area contributed by atoms with Gasteiger partial charge in [-0.25, -0.2) is 4.79 Å². The third kappa shape index (κ3) is 12.4. The van der Waals surface area contributed by atoms with Crippen LogP contribution in [0.3, 0.4) is 0 Å². The molecule has 2 atom stereocenters. The standard InChI is InChI=1S/C30H39F3N2O7/c1-28(2,3)41-25(36)24(17-20-13-15-21(16-14-20)35(7)26(37)30(31,32)33)34-18-23(40-27(38)42-29(4,5)6)19-39-22-11-9-8-10-12-22/h8-16,23-24,34H,17-19H2,1-7H3/t23-,24?/m0/s1. The second-order valence-electron chi connectivity index (χ2n) is 11.6. The molecule has 2 aromatic rings. The van der Waals surface area contributed by atoms with E-state index in [1.54, 1.807) is 65.8 Å². The fourth-order valence-electron chi connectivity index (χ4n) is 3.53. The van der Waals surface area contributed by atoms with Crippen LogP contribution in [0.1, 0.15) is 47.1 Å². The Hall–Kier alpha value is -3.80. The number of hydrogen-bond acceptors (Lipinski definition) is 8. The number of alkyl halides is 3. The molecule has 2 rings (SSSR count). The van der Waals surface area contributed by atoms with Gasteiger partial charge in [-0.05, 0) is 77.8 Å². The Morgan fingerprint density at radius 3 is 1.95 bits per heavy atom. The van der Waals surface area contributed by atoms with Crippen molar-refractivity contribution in [3.63, 3.8) is 0 Å². The Kier molecular flexibility index (Phi) is 11.8. The number of ether oxygens (including phenoxy) is 4. The highest BCUT2D eigenvalue weighted by atomic mass is 19.4. The fourth-order valence-corrected chi connectivity index (χ4v) is 3.53. The van der Waals surface area contributed by atoms with Crippen LogP contribution in [-0.4, -0.2) is 67.8 Å². The van der Waals surface area contributed by atoms with Crippen LogP contribution in [0.25, 0.3) is 0 Å². The molecule has 9 nitrogen and oxygen atoms in total. The molecule has 42 heavy (non-hydrogen) atoms. The lowest BCUT2D eigenvalue weighted by Gasteiger charge is -2.27. The molecule has 232 valence electrons. The van der Waals surface area contributed by atoms with Crippen molar-refractivity contribution in [3.8, 4) is 5.75 Å². The highest BCUT2D eigenvalue weighted by Crippen LogP contribution is 2.23. The van der Waals surface area contributed by atoms with Crippen LogP contribution in [0.5, 0.6) is 5.75 Å². The van der Waals surface area contributed by atoms with Crippen molar-refractivity contribution in [2.75, 3.05) is 25.1 Å². The number of benzene rings is 2. The number of anilines is 1. The van der Waals surface area contributed by atoms with Crippen molar-refractivity contribution >= 4 is 23.7 Å². The molecule has 0 aromatic heterocycles. The van der Waals surface area contributed by atoms with Gasteiger partial charge in [-0.2, -0.15) is 13.2 Å². The van der Waals surface area contributed by atoms with Crippen LogP contribution in [0.2, 0.25) is 0 Å². The van der Waals surface area contributed by atoms with Crippen LogP contribution in [0, 0.1) is 0 Å². The van der Waals surface area contributed by atoms with Gasteiger partial charge in [0.1, 0.15) is 29.6 Å². The van der Waals surface area contributed by atoms with Crippen molar-refractivity contribution in [2.45, 2.75) is 77.5 Å². The summed E-state index contributed by atoms with van der Waals surface area (Å²) in [5, 5.41) is 3.07. The molecule has 1 unspecified atom stereocenters. The van der Waals surface area contributed by atoms with Gasteiger partial charge in [0.2, 0.25) is 0 Å². The van der Waals surface area contributed by atoms with Crippen LogP contribution < -0.4 is 15.0 Å². The number of rotatable bonds is 11. The number of carbonyl (C=O) groups is 3. The summed E-state index contributed by atoms with van der Waals surface area (Å²) in [4.78, 5) is 37.6. The molecule has 0 aliphatic heterocycles. The molecule has 0 saturated carbocycles. The van der Waals surface area contributed by atoms with Crippen molar-refractivity contribution in [3.05, 3.63) is 60.2 Å². The molecule has 0 bridgehead atoms. The highest BCUT2D eigenvalue weighted by molar-refractivity contribution is 5.96. The quantitative estimate of drug-likeness (QED) is 0.342. The van der Waals surface area contributed by atoms with Crippen molar-refractivity contribution < 1.29 is 46.5 Å². The first-order valence-electron chi connectivity index (χ1n) is 13.3. The molecular formula is C30H39F3N2O7. The molecule has 0 spiro atoms. The maximum atomic E-state index is 13.1. The van der Waals surface area contributed by atoms with E-state index in [1.165, 1.54) is 24.3 Å². The van der Waals surface area contributed by atoms with Crippen molar-refractivity contribution in [1.29, 1.82) is 0 Å². The third-order valence-electron chi connectivity index (χ3n) is 5.43. The van der Waals surface area contributed by atoms with E-state index >= 15 is 0 Å². The molecule has 0 aliphatic rings. The Morgan fingerprint density at radius 2 is 1.43 bits per heavy atom. The first-order chi connectivity index (χ1) is 19.3. The predicted molar refractivity (Wildman–Crippen MR) is 150 cm³/mol. The second kappa shape index (κ2) is 14.4. The minimum Gasteiger partial charge on any atom is -0.490 e. The van der Waals surface area contributed by atoms with Crippen LogP contribution in [0.4, 0.5) is 23.7 Å². The average Bonchev–Trinajstić information content (AvgIpc) is 2.86. The van der Waals surface area contributed by atoms with E-state index in [9.17, 15) is 27.6 Å². The van der Waals surface area contributed by atoms with E-state index < -0.39 is 47.6 Å². The summed E-state index contributed by atoms with van der Waals surface area (Å²) in [6.45, 7) is 10.2. The largest absolute Gasteiger partial charge is 0.509 e. The van der Waals surface area contributed by atoms with E-state index in [1.807, 2.05) is 6.07 Å². The Bertz CT molecular complexity index is 1170. The third-order valence-corrected chi connectivity index (χ3v) is 5.43. The van der Waals surface area contributed by atoms with Gasteiger partial charge in [0.25, 0.3) is 0 Å². The van der Waals surface area contributed by atoms with Gasteiger partial charge < -0.3 is 29.2 Å². The monoisotopic (exact) mass is 596 g/mol. The zero-order chi connectivity index (χ0) is 31.7. The summed E-state index contributed by atoms with van der Waals surface area (Å²) in [5.74, 6) is -2.04. The maximum Gasteiger partial charge on any atom is 0.509 e. The molecule has 0 saturated heterocycles. The molecule has 0 heterocycles. The molecule has 0 radical (unpaired) electrons. The number of halogens is 3. The maximum absolute atomic E-state index is 13.1. The number of nitrogens with zero attached hydrogens (tertiary/aromatic N) is 1. The van der Waals surface area contributed by atoms with Gasteiger partial charge in [0, 0.05) is 19.3 Å². The second-order valence-corrected chi connectivity index (χ2v) is 11.6. The van der Waals surface area contributed by atoms with Gasteiger partial charge in [-0.15, -0.1) is 0 Å². The zero-order valence-corrected chi connectivity index (χ0v) is 24.9. The number of amides is 1. The normalized spacial score (nSPS) is 13.5. The molecule has 0 aliphatic carbocycles. The predicted octanol–water partition coefficient (Wildman–Crippen LogP) is 5.45. The Labute approximate surface area is 244 Å². The number of carbonyl (C=O) groups excluding carboxylic acids is 3. The van der Waals surface area contributed by atoms with Crippen molar-refractivity contribution in [2.24, 2.45) is 0 Å². The minimum absolute atomic E-state index is 0.0170. The van der Waals surface area contributed by atoms with E-state index in [-0.39, 0.29) is 25.3 Å². The average molecular weight is 597 g/mol. The fraction of sp³-hybridized carbons (Fsp3) is 0.500. The van der Waals surface area contributed by atoms with E-state index in [4.69, 9.17) is 18.9 Å². The summed E-state index contributed by atoms with van der Waals surface area (Å²) in [6, 6.07) is 13.7. The van der Waals surface area contributed by atoms with Crippen LogP contribution in [-0.2, 0) is 30.2 Å². The van der Waals surface area contributed by atoms with Gasteiger partial charge in [-0.3, -0.25) is 9.59 Å². The molecule has 1 amide bonds. The van der Waals surface area contributed by atoms with Gasteiger partial charge in [0.15, 0.2) is 6.10 Å². The summed E-state index contributed by atoms with van der Waals surface area (Å²) in [7, 11) is 1.03. The highest BCUT2D eigenvalue weighted by Gasteiger charge is 2.41. The smallest absolute Gasteiger partial charge is 0.490 e. The summed E-state index contributed by atoms with van der Waals surface area (Å²) in [5.41, 5.74) is -0.976. The van der Waals surface area contributed by atoms with Crippen LogP contribution in [0.15, 0.2) is 54.6 Å². The first-order valence-corrected chi connectivity index (χ1v) is 13.3. The SMILES string of the molecule is CN(C(=O)C(F)(F)F)c1ccc(CC(NC[C@@H](COc2ccccc2)OC(=O)OC(C)(C)C)C(=O)OC(C)(C)C)cc1. The lowest BCUT2D eigenvalue weighted by atomic mass is 10.0. The number of hydrogen-bond donors (Lipinski definition) is 1. The lowest BCUT2D eigenvalue weighted by Crippen LogP contribution is -2.47. The minimum atomic E-state index is -5.01. The summed E-state index contributed by atoms with van der Waals surface area (Å²) >= 11 is 0. The number of para-hydroxylation sites is 1. The van der Waals surface area contributed by atoms with E-state index in [0.717, 1.165) is 7.05 Å². The van der Waals surface area contributed by atoms with Crippen molar-refractivity contribution in [1.82, 2.24) is 5.32 Å². The topological polar surface area (TPSA) is 103 Å².